The molecular formula is C19H24ClN3O. The number of hydrogen-bond donors (Lipinski definition) is 1. The van der Waals surface area contributed by atoms with Crippen molar-refractivity contribution in [3.05, 3.63) is 58.9 Å². The van der Waals surface area contributed by atoms with Crippen molar-refractivity contribution in [1.29, 1.82) is 0 Å². The fourth-order valence-electron chi connectivity index (χ4n) is 3.48. The molecular weight excluding hydrogens is 322 g/mol. The van der Waals surface area contributed by atoms with Crippen molar-refractivity contribution in [2.24, 2.45) is 7.05 Å². The normalized spacial score (nSPS) is 19.4. The average molecular weight is 346 g/mol. The summed E-state index contributed by atoms with van der Waals surface area (Å²) in [5, 5.41) is 3.80. The summed E-state index contributed by atoms with van der Waals surface area (Å²) >= 11 is 5.92. The number of hydrogen-bond acceptors (Lipinski definition) is 2. The van der Waals surface area contributed by atoms with Crippen LogP contribution in [-0.2, 0) is 11.8 Å². The zero-order chi connectivity index (χ0) is 17.1. The number of amides is 1. The van der Waals surface area contributed by atoms with Crippen LogP contribution in [0.15, 0.2) is 42.6 Å². The van der Waals surface area contributed by atoms with Crippen LogP contribution in [0.4, 0.5) is 0 Å². The molecule has 1 aromatic heterocycles. The molecule has 0 unspecified atom stereocenters. The zero-order valence-corrected chi connectivity index (χ0v) is 15.0. The van der Waals surface area contributed by atoms with Gasteiger partial charge in [0.2, 0.25) is 5.91 Å². The maximum atomic E-state index is 12.5. The summed E-state index contributed by atoms with van der Waals surface area (Å²) < 4.78 is 2.15. The lowest BCUT2D eigenvalue weighted by Gasteiger charge is -2.25. The van der Waals surface area contributed by atoms with E-state index < -0.39 is 0 Å². The fourth-order valence-corrected chi connectivity index (χ4v) is 3.60. The van der Waals surface area contributed by atoms with Crippen molar-refractivity contribution < 1.29 is 4.79 Å². The topological polar surface area (TPSA) is 37.3 Å². The Hall–Kier alpha value is -1.78. The quantitative estimate of drug-likeness (QED) is 0.897. The first kappa shape index (κ1) is 17.1. The molecule has 2 aromatic rings. The van der Waals surface area contributed by atoms with E-state index in [4.69, 9.17) is 11.6 Å². The summed E-state index contributed by atoms with van der Waals surface area (Å²) in [5.74, 6) is 0.0681. The summed E-state index contributed by atoms with van der Waals surface area (Å²) in [6, 6.07) is 12.1. The highest BCUT2D eigenvalue weighted by Crippen LogP contribution is 2.31. The predicted molar refractivity (Wildman–Crippen MR) is 97.0 cm³/mol. The Labute approximate surface area is 148 Å². The molecule has 1 aliphatic heterocycles. The van der Waals surface area contributed by atoms with Crippen molar-refractivity contribution in [1.82, 2.24) is 14.8 Å². The minimum atomic E-state index is -0.0224. The summed E-state index contributed by atoms with van der Waals surface area (Å²) in [6.07, 6.45) is 4.31. The Bertz CT molecular complexity index is 695. The molecule has 3 rings (SSSR count). The van der Waals surface area contributed by atoms with E-state index in [1.807, 2.05) is 31.2 Å². The van der Waals surface area contributed by atoms with Gasteiger partial charge < -0.3 is 9.88 Å². The highest BCUT2D eigenvalue weighted by atomic mass is 35.5. The SMILES string of the molecule is C[C@@H](NC(=O)CN1CCC[C@@H]1c1cccn1C)c1ccc(Cl)cc1. The van der Waals surface area contributed by atoms with Crippen LogP contribution >= 0.6 is 11.6 Å². The number of likely N-dealkylation sites (tertiary alicyclic amines) is 1. The van der Waals surface area contributed by atoms with Gasteiger partial charge in [0.05, 0.1) is 18.6 Å². The van der Waals surface area contributed by atoms with Crippen LogP contribution in [0.25, 0.3) is 0 Å². The van der Waals surface area contributed by atoms with Crippen molar-refractivity contribution in [3.63, 3.8) is 0 Å². The smallest absolute Gasteiger partial charge is 0.234 e. The number of carbonyl (C=O) groups excluding carboxylic acids is 1. The molecule has 0 aliphatic carbocycles. The number of aromatic nitrogens is 1. The van der Waals surface area contributed by atoms with Crippen LogP contribution in [-0.4, -0.2) is 28.5 Å². The number of nitrogens with zero attached hydrogens (tertiary/aromatic N) is 2. The number of benzene rings is 1. The molecule has 1 saturated heterocycles. The van der Waals surface area contributed by atoms with Gasteiger partial charge in [0, 0.05) is 24.0 Å². The largest absolute Gasteiger partial charge is 0.353 e. The molecule has 24 heavy (non-hydrogen) atoms. The highest BCUT2D eigenvalue weighted by Gasteiger charge is 2.29. The van der Waals surface area contributed by atoms with Gasteiger partial charge in [0.25, 0.3) is 0 Å². The van der Waals surface area contributed by atoms with Crippen molar-refractivity contribution >= 4 is 17.5 Å². The van der Waals surface area contributed by atoms with Crippen molar-refractivity contribution in [3.8, 4) is 0 Å². The molecule has 1 N–H and O–H groups in total. The zero-order valence-electron chi connectivity index (χ0n) is 14.2. The summed E-state index contributed by atoms with van der Waals surface area (Å²) in [7, 11) is 2.06. The second kappa shape index (κ2) is 7.41. The van der Waals surface area contributed by atoms with Crippen LogP contribution in [0.2, 0.25) is 5.02 Å². The Kier molecular flexibility index (Phi) is 5.27. The maximum absolute atomic E-state index is 12.5. The molecule has 2 heterocycles. The molecule has 1 fully saturated rings. The van der Waals surface area contributed by atoms with E-state index in [0.717, 1.165) is 24.9 Å². The van der Waals surface area contributed by atoms with E-state index >= 15 is 0 Å². The lowest BCUT2D eigenvalue weighted by atomic mass is 10.1. The van der Waals surface area contributed by atoms with E-state index in [1.165, 1.54) is 5.69 Å². The van der Waals surface area contributed by atoms with E-state index in [-0.39, 0.29) is 11.9 Å². The Morgan fingerprint density at radius 2 is 2.08 bits per heavy atom. The first-order chi connectivity index (χ1) is 11.5. The van der Waals surface area contributed by atoms with Gasteiger partial charge in [-0.15, -0.1) is 0 Å². The number of aryl methyl sites for hydroxylation is 1. The first-order valence-corrected chi connectivity index (χ1v) is 8.82. The Balaban J connectivity index is 1.60. The second-order valence-corrected chi connectivity index (χ2v) is 6.95. The minimum Gasteiger partial charge on any atom is -0.353 e. The number of halogens is 1. The monoisotopic (exact) mass is 345 g/mol. The highest BCUT2D eigenvalue weighted by molar-refractivity contribution is 6.30. The summed E-state index contributed by atoms with van der Waals surface area (Å²) in [4.78, 5) is 14.7. The molecule has 1 aromatic carbocycles. The lowest BCUT2D eigenvalue weighted by Crippen LogP contribution is -2.38. The van der Waals surface area contributed by atoms with Gasteiger partial charge in [0.15, 0.2) is 0 Å². The molecule has 1 amide bonds. The fraction of sp³-hybridized carbons (Fsp3) is 0.421. The molecule has 1 aliphatic rings. The van der Waals surface area contributed by atoms with E-state index in [0.29, 0.717) is 17.6 Å². The van der Waals surface area contributed by atoms with Gasteiger partial charge in [-0.05, 0) is 56.1 Å². The van der Waals surface area contributed by atoms with E-state index in [1.54, 1.807) is 0 Å². The average Bonchev–Trinajstić information content (AvgIpc) is 3.16. The summed E-state index contributed by atoms with van der Waals surface area (Å²) in [5.41, 5.74) is 2.35. The Morgan fingerprint density at radius 3 is 2.75 bits per heavy atom. The van der Waals surface area contributed by atoms with Gasteiger partial charge in [-0.1, -0.05) is 23.7 Å². The van der Waals surface area contributed by atoms with Gasteiger partial charge >= 0.3 is 0 Å². The molecule has 4 nitrogen and oxygen atoms in total. The first-order valence-electron chi connectivity index (χ1n) is 8.44. The van der Waals surface area contributed by atoms with Gasteiger partial charge in [-0.25, -0.2) is 0 Å². The molecule has 2 atom stereocenters. The van der Waals surface area contributed by atoms with Crippen molar-refractivity contribution in [2.75, 3.05) is 13.1 Å². The Morgan fingerprint density at radius 1 is 1.33 bits per heavy atom. The van der Waals surface area contributed by atoms with Crippen LogP contribution in [0.1, 0.15) is 43.1 Å². The minimum absolute atomic E-state index is 0.0224. The van der Waals surface area contributed by atoms with E-state index in [9.17, 15) is 4.79 Å². The van der Waals surface area contributed by atoms with Crippen LogP contribution in [0.3, 0.4) is 0 Å². The molecule has 0 bridgehead atoms. The van der Waals surface area contributed by atoms with Gasteiger partial charge in [0.1, 0.15) is 0 Å². The number of nitrogens with one attached hydrogen (secondary N) is 1. The third-order valence-electron chi connectivity index (χ3n) is 4.78. The molecule has 0 spiro atoms. The van der Waals surface area contributed by atoms with Crippen LogP contribution in [0.5, 0.6) is 0 Å². The van der Waals surface area contributed by atoms with Crippen molar-refractivity contribution in [2.45, 2.75) is 31.8 Å². The lowest BCUT2D eigenvalue weighted by molar-refractivity contribution is -0.123. The number of rotatable bonds is 5. The molecule has 0 radical (unpaired) electrons. The van der Waals surface area contributed by atoms with Gasteiger partial charge in [-0.2, -0.15) is 0 Å². The predicted octanol–water partition coefficient (Wildman–Crippen LogP) is 3.69. The van der Waals surface area contributed by atoms with E-state index in [2.05, 4.69) is 40.2 Å². The van der Waals surface area contributed by atoms with Crippen LogP contribution in [0, 0.1) is 0 Å². The second-order valence-electron chi connectivity index (χ2n) is 6.51. The third kappa shape index (κ3) is 3.82. The molecule has 0 saturated carbocycles. The van der Waals surface area contributed by atoms with Gasteiger partial charge in [-0.3, -0.25) is 9.69 Å². The maximum Gasteiger partial charge on any atom is 0.234 e. The number of carbonyl (C=O) groups is 1. The standard InChI is InChI=1S/C19H24ClN3O/c1-14(15-7-9-16(20)10-8-15)21-19(24)13-23-12-4-6-18(23)17-5-3-11-22(17)2/h3,5,7-11,14,18H,4,6,12-13H2,1-2H3,(H,21,24)/t14-,18-/m1/s1. The third-order valence-corrected chi connectivity index (χ3v) is 5.04. The van der Waals surface area contributed by atoms with Crippen LogP contribution < -0.4 is 5.32 Å². The molecule has 5 heteroatoms. The molecule has 128 valence electrons. The summed E-state index contributed by atoms with van der Waals surface area (Å²) in [6.45, 7) is 3.41.